The number of quaternary nitrogens is 1. The Bertz CT molecular complexity index is 4280. The van der Waals surface area contributed by atoms with Gasteiger partial charge in [0.1, 0.15) is 64.9 Å². The molecule has 0 saturated carbocycles. The summed E-state index contributed by atoms with van der Waals surface area (Å²) in [7, 11) is 3.84. The molecule has 8 amide bonds. The van der Waals surface area contributed by atoms with Gasteiger partial charge in [-0.15, -0.1) is 0 Å². The fourth-order valence-corrected chi connectivity index (χ4v) is 14.6. The number of imide groups is 1. The van der Waals surface area contributed by atoms with Gasteiger partial charge in [0.15, 0.2) is 17.5 Å². The minimum absolute atomic E-state index is 0.0112. The Morgan fingerprint density at radius 1 is 0.913 bits per heavy atom. The number of aromatic hydroxyl groups is 2. The number of allylic oxidation sites excluding steroid dienone is 4. The van der Waals surface area contributed by atoms with Gasteiger partial charge in [0.2, 0.25) is 23.2 Å². The molecule has 0 spiro atoms. The summed E-state index contributed by atoms with van der Waals surface area (Å²) in [6.07, 6.45) is 13.2. The van der Waals surface area contributed by atoms with Crippen molar-refractivity contribution in [2.45, 2.75) is 176 Å². The molecule has 1 saturated heterocycles. The van der Waals surface area contributed by atoms with Crippen molar-refractivity contribution in [2.75, 3.05) is 55.8 Å². The quantitative estimate of drug-likeness (QED) is 0.00845. The molecule has 10 atom stereocenters. The maximum atomic E-state index is 17.0. The number of hydrogen-bond donors (Lipinski definition) is 8. The lowest BCUT2D eigenvalue weighted by Crippen LogP contribution is -2.59. The second-order valence-corrected chi connectivity index (χ2v) is 29.4. The van der Waals surface area contributed by atoms with E-state index < -0.39 is 94.3 Å². The number of fused-ring (bicyclic) bond motifs is 2. The lowest BCUT2D eigenvalue weighted by Gasteiger charge is -2.45. The van der Waals surface area contributed by atoms with E-state index in [1.165, 1.54) is 45.3 Å². The number of esters is 1. The highest BCUT2D eigenvalue weighted by Gasteiger charge is 2.50. The largest absolute Gasteiger partial charge is 0.507 e. The topological polar surface area (TPSA) is 358 Å². The van der Waals surface area contributed by atoms with Crippen molar-refractivity contribution in [3.8, 4) is 28.7 Å². The zero-order valence-electron chi connectivity index (χ0n) is 61.2. The van der Waals surface area contributed by atoms with Gasteiger partial charge in [-0.25, -0.2) is 14.2 Å². The van der Waals surface area contributed by atoms with Gasteiger partial charge in [-0.2, -0.15) is 0 Å². The predicted molar refractivity (Wildman–Crippen MR) is 390 cm³/mol. The van der Waals surface area contributed by atoms with E-state index in [2.05, 4.69) is 47.4 Å². The van der Waals surface area contributed by atoms with Gasteiger partial charge in [-0.05, 0) is 107 Å². The summed E-state index contributed by atoms with van der Waals surface area (Å²) in [4.78, 5) is 141. The number of ether oxygens (including phenoxy) is 3. The monoisotopic (exact) mass is 1440 g/mol. The number of unbranched alkanes of at least 4 members (excludes halogenated alkanes) is 2. The van der Waals surface area contributed by atoms with Gasteiger partial charge >= 0.3 is 17.8 Å². The number of piperidine rings is 1. The van der Waals surface area contributed by atoms with E-state index in [-0.39, 0.29) is 146 Å². The first-order valence-corrected chi connectivity index (χ1v) is 35.7. The maximum absolute atomic E-state index is 17.0. The number of benzene rings is 4. The summed E-state index contributed by atoms with van der Waals surface area (Å²) in [6, 6.07) is 6.60. The molecule has 0 aromatic heterocycles. The number of urea groups is 1. The molecular formula is C77H98FN10O16+. The van der Waals surface area contributed by atoms with Crippen molar-refractivity contribution < 1.29 is 80.9 Å². The number of nitrogens with one attached hydrogen (secondary N) is 5. The average Bonchev–Trinajstić information content (AvgIpc) is 1.41. The van der Waals surface area contributed by atoms with Crippen LogP contribution in [-0.2, 0) is 49.6 Å². The number of primary amides is 1. The lowest BCUT2D eigenvalue weighted by molar-refractivity contribution is -0.931. The number of hydrogen-bond acceptors (Lipinski definition) is 18. The SMILES string of the molecule is CC(=O)O[C@@H]1[C@H](C)C/C=C/O[C@@]2(C)Oc3c(C)c(O)c4c(=O)c(c5oc6cc(N7CCC([N+](C)(C)Cc8ccc(NC(=O)[C@H](CCCNC(N)=O)NC(=O)[C@@H](NC(=O)CCCCCN9C(=O)C=CC9=O)C(C)C)cc8)C(F)C7)cc(O)c6nc-5c4c3C2=O)NC(=O)/C(C)=C\C=C\[C@H](C)C[C@@H](C)C[C@H]1C. The number of halogens is 1. The highest BCUT2D eigenvalue weighted by atomic mass is 19.1. The van der Waals surface area contributed by atoms with Crippen LogP contribution >= 0.6 is 0 Å². The molecule has 104 heavy (non-hydrogen) atoms. The molecule has 4 bridgehead atoms. The number of Topliss-reactive ketones (excluding diaryl/α,β-unsaturated/α-hetero) is 1. The molecule has 9 rings (SSSR count). The third-order valence-electron chi connectivity index (χ3n) is 20.1. The van der Waals surface area contributed by atoms with Gasteiger partial charge in [-0.3, -0.25) is 48.1 Å². The molecule has 26 nitrogen and oxygen atoms in total. The average molecular weight is 1440 g/mol. The number of anilines is 3. The van der Waals surface area contributed by atoms with Crippen molar-refractivity contribution in [2.24, 2.45) is 35.3 Å². The minimum Gasteiger partial charge on any atom is -0.507 e. The number of alkyl halides is 1. The highest BCUT2D eigenvalue weighted by molar-refractivity contribution is 6.22. The Balaban J connectivity index is 0.923. The Morgan fingerprint density at radius 2 is 1.62 bits per heavy atom. The van der Waals surface area contributed by atoms with Crippen LogP contribution in [0.4, 0.5) is 26.2 Å². The number of phenols is 2. The molecule has 3 aromatic rings. The molecule has 558 valence electrons. The summed E-state index contributed by atoms with van der Waals surface area (Å²) in [5.74, 6) is -7.80. The molecule has 2 unspecified atom stereocenters. The van der Waals surface area contributed by atoms with Crippen LogP contribution in [0.2, 0.25) is 0 Å². The highest BCUT2D eigenvalue weighted by Crippen LogP contribution is 2.51. The van der Waals surface area contributed by atoms with Crippen LogP contribution in [0.3, 0.4) is 0 Å². The van der Waals surface area contributed by atoms with Crippen LogP contribution in [0.5, 0.6) is 17.2 Å². The normalized spacial score (nSPS) is 23.6. The summed E-state index contributed by atoms with van der Waals surface area (Å²) in [6.45, 7) is 18.5. The molecular weight excluding hydrogens is 1340 g/mol. The van der Waals surface area contributed by atoms with E-state index in [9.17, 15) is 53.4 Å². The first kappa shape index (κ1) is 78.0. The third kappa shape index (κ3) is 18.1. The van der Waals surface area contributed by atoms with Crippen molar-refractivity contribution in [3.63, 3.8) is 0 Å². The van der Waals surface area contributed by atoms with E-state index in [0.29, 0.717) is 56.6 Å². The number of rotatable bonds is 21. The van der Waals surface area contributed by atoms with Gasteiger partial charge in [0.05, 0.1) is 37.9 Å². The number of carbonyl (C=O) groups is 9. The summed E-state index contributed by atoms with van der Waals surface area (Å²) in [5.41, 5.74) is 5.18. The van der Waals surface area contributed by atoms with Crippen molar-refractivity contribution >= 4 is 92.2 Å². The van der Waals surface area contributed by atoms with E-state index >= 15 is 9.18 Å². The van der Waals surface area contributed by atoms with Crippen molar-refractivity contribution in [3.05, 3.63) is 112 Å². The Morgan fingerprint density at radius 3 is 2.30 bits per heavy atom. The second-order valence-electron chi connectivity index (χ2n) is 29.4. The van der Waals surface area contributed by atoms with Crippen LogP contribution in [0, 0.1) is 36.5 Å². The fourth-order valence-electron chi connectivity index (χ4n) is 14.6. The predicted octanol–water partition coefficient (Wildman–Crippen LogP) is 9.78. The molecule has 6 aliphatic rings. The number of aromatic nitrogens is 1. The van der Waals surface area contributed by atoms with Gasteiger partial charge in [0, 0.05) is 104 Å². The minimum atomic E-state index is -2.04. The fraction of sp³-hybridized carbons (Fsp3) is 0.494. The molecule has 0 radical (unpaired) electrons. The summed E-state index contributed by atoms with van der Waals surface area (Å²) < 4.78 is 42.1. The first-order chi connectivity index (χ1) is 49.2. The van der Waals surface area contributed by atoms with E-state index in [0.717, 1.165) is 23.3 Å². The van der Waals surface area contributed by atoms with Gasteiger partial charge in [-0.1, -0.05) is 78.3 Å². The van der Waals surface area contributed by atoms with E-state index in [4.69, 9.17) is 29.3 Å². The van der Waals surface area contributed by atoms with Gasteiger partial charge in [0.25, 0.3) is 23.5 Å². The van der Waals surface area contributed by atoms with Crippen LogP contribution in [-0.4, -0.2) is 154 Å². The zero-order valence-corrected chi connectivity index (χ0v) is 61.2. The lowest BCUT2D eigenvalue weighted by atomic mass is 9.82. The number of ketones is 1. The Hall–Kier alpha value is -10.2. The summed E-state index contributed by atoms with van der Waals surface area (Å²) >= 11 is 0. The molecule has 27 heteroatoms. The van der Waals surface area contributed by atoms with Crippen LogP contribution in [0.25, 0.3) is 33.3 Å². The van der Waals surface area contributed by atoms with E-state index in [1.54, 1.807) is 62.1 Å². The molecule has 5 heterocycles. The maximum Gasteiger partial charge on any atom is 0.312 e. The smallest absolute Gasteiger partial charge is 0.312 e. The van der Waals surface area contributed by atoms with Crippen molar-refractivity contribution in [1.82, 2.24) is 25.8 Å². The number of carbonyl (C=O) groups excluding carboxylic acids is 9. The zero-order chi connectivity index (χ0) is 75.8. The van der Waals surface area contributed by atoms with Crippen LogP contribution in [0.1, 0.15) is 148 Å². The molecule has 1 aliphatic carbocycles. The summed E-state index contributed by atoms with van der Waals surface area (Å²) in [5, 5.41) is 37.1. The number of nitrogens with two attached hydrogens (primary N) is 1. The Kier molecular flexibility index (Phi) is 24.8. The van der Waals surface area contributed by atoms with Crippen LogP contribution in [0.15, 0.2) is 93.9 Å². The molecule has 1 fully saturated rings. The number of phenolic OH excluding ortho intramolecular Hbond substituents is 2. The molecule has 9 N–H and O–H groups in total. The first-order valence-electron chi connectivity index (χ1n) is 35.7. The number of nitrogens with zero attached hydrogens (tertiary/aromatic N) is 4. The number of amides is 8. The van der Waals surface area contributed by atoms with Gasteiger partial charge < -0.3 is 70.5 Å². The Labute approximate surface area is 603 Å². The van der Waals surface area contributed by atoms with Crippen LogP contribution < -0.4 is 47.4 Å². The second kappa shape index (κ2) is 33.1. The molecule has 3 aromatic carbocycles. The van der Waals surface area contributed by atoms with Crippen molar-refractivity contribution in [1.29, 1.82) is 0 Å². The third-order valence-corrected chi connectivity index (χ3v) is 20.1. The van der Waals surface area contributed by atoms with E-state index in [1.807, 2.05) is 39.2 Å². The molecule has 5 aliphatic heterocycles. The standard InChI is InChI=1S/C77H97FN10O16/c1-41(2)63(83-57(91)23-14-13-15-32-87-58(92)28-29-59(87)93)75(99)82-53(22-17-31-80-76(79)100)74(98)81-50-26-24-49(25-27-50)40-88(11,12)54-30-33-86(39-52(54)78)51-37-55(90)64-56(38-51)103-71-65(84-64)60-61-67(94)47(8)70-62(60)72(96)77(10,104-70)101-34-18-21-44(5)69(102-48(9)89)46(7)36-43(4)35-42(3)19-16-20-45(6)73(97)85-66(71)68(61)95/h16,18-20,24-29,34,37-38,41-44,46,52-54,63,69H,13-15,17,21-23,30-33,35-36,39-40H2,1-12H3,(H8-,79,80,81,82,83,84,85,90,91,92,93,94,95,96,97,98,99,100)/p+1/b19-16+,34-18+,45-20-/t42-,43+,44+,46+,52?,53-,54?,63-,69+,77-/m0/s1.